The van der Waals surface area contributed by atoms with Crippen molar-refractivity contribution in [2.24, 2.45) is 5.41 Å². The quantitative estimate of drug-likeness (QED) is 0.753. The highest BCUT2D eigenvalue weighted by atomic mass is 19.1. The largest absolute Gasteiger partial charge is 0.392 e. The van der Waals surface area contributed by atoms with Gasteiger partial charge in [0.05, 0.1) is 18.7 Å². The molecule has 0 heterocycles. The van der Waals surface area contributed by atoms with Crippen LogP contribution in [0.25, 0.3) is 0 Å². The van der Waals surface area contributed by atoms with E-state index in [9.17, 15) is 14.3 Å². The second kappa shape index (κ2) is 9.30. The van der Waals surface area contributed by atoms with Crippen molar-refractivity contribution in [3.8, 4) is 0 Å². The molecule has 0 bridgehead atoms. The summed E-state index contributed by atoms with van der Waals surface area (Å²) in [6, 6.07) is 6.28. The van der Waals surface area contributed by atoms with Crippen LogP contribution in [0, 0.1) is 11.2 Å². The van der Waals surface area contributed by atoms with Gasteiger partial charge >= 0.3 is 0 Å². The van der Waals surface area contributed by atoms with Gasteiger partial charge in [0, 0.05) is 12.6 Å². The number of carbonyl (C=O) groups excluding carboxylic acids is 1. The minimum atomic E-state index is -0.488. The lowest BCUT2D eigenvalue weighted by atomic mass is 9.85. The van der Waals surface area contributed by atoms with E-state index >= 15 is 0 Å². The number of hydrogen-bond acceptors (Lipinski definition) is 3. The van der Waals surface area contributed by atoms with E-state index in [1.54, 1.807) is 19.1 Å². The van der Waals surface area contributed by atoms with E-state index in [1.807, 2.05) is 18.7 Å². The van der Waals surface area contributed by atoms with Crippen LogP contribution >= 0.6 is 0 Å². The van der Waals surface area contributed by atoms with Gasteiger partial charge in [-0.15, -0.1) is 0 Å². The summed E-state index contributed by atoms with van der Waals surface area (Å²) in [5, 5.41) is 12.7. The molecule has 1 amide bonds. The fraction of sp³-hybridized carbons (Fsp3) is 0.650. The molecule has 25 heavy (non-hydrogen) atoms. The highest BCUT2D eigenvalue weighted by Gasteiger charge is 2.23. The molecule has 0 aliphatic carbocycles. The molecule has 0 aromatic heterocycles. The van der Waals surface area contributed by atoms with Crippen LogP contribution in [0.3, 0.4) is 0 Å². The van der Waals surface area contributed by atoms with Crippen molar-refractivity contribution in [3.63, 3.8) is 0 Å². The molecule has 4 nitrogen and oxygen atoms in total. The molecule has 1 aromatic carbocycles. The summed E-state index contributed by atoms with van der Waals surface area (Å²) in [5.41, 5.74) is 0.917. The van der Waals surface area contributed by atoms with E-state index in [4.69, 9.17) is 0 Å². The molecule has 2 unspecified atom stereocenters. The maximum Gasteiger partial charge on any atom is 0.234 e. The van der Waals surface area contributed by atoms with Gasteiger partial charge in [0.25, 0.3) is 0 Å². The summed E-state index contributed by atoms with van der Waals surface area (Å²) < 4.78 is 13.2. The second-order valence-electron chi connectivity index (χ2n) is 8.31. The Morgan fingerprint density at radius 1 is 1.20 bits per heavy atom. The number of nitrogens with one attached hydrogen (secondary N) is 1. The van der Waals surface area contributed by atoms with Crippen molar-refractivity contribution in [3.05, 3.63) is 35.6 Å². The summed E-state index contributed by atoms with van der Waals surface area (Å²) in [6.45, 7) is 12.7. The van der Waals surface area contributed by atoms with Crippen molar-refractivity contribution in [2.75, 3.05) is 13.1 Å². The molecule has 2 atom stereocenters. The van der Waals surface area contributed by atoms with Gasteiger partial charge in [0.15, 0.2) is 0 Å². The summed E-state index contributed by atoms with van der Waals surface area (Å²) in [6.07, 6.45) is 0.264. The van der Waals surface area contributed by atoms with Crippen LogP contribution in [-0.2, 0) is 4.79 Å². The van der Waals surface area contributed by atoms with Crippen LogP contribution in [0.5, 0.6) is 0 Å². The van der Waals surface area contributed by atoms with Gasteiger partial charge in [-0.05, 0) is 50.3 Å². The van der Waals surface area contributed by atoms with E-state index in [0.717, 1.165) is 12.0 Å². The molecule has 0 saturated carbocycles. The van der Waals surface area contributed by atoms with E-state index in [0.29, 0.717) is 6.54 Å². The Bertz CT molecular complexity index is 536. The maximum atomic E-state index is 13.2. The molecular formula is C20H33FN2O2. The molecule has 0 aliphatic heterocycles. The normalized spacial score (nSPS) is 14.6. The molecular weight excluding hydrogens is 319 g/mol. The Labute approximate surface area is 151 Å². The Balaban J connectivity index is 2.85. The van der Waals surface area contributed by atoms with Gasteiger partial charge in [0.2, 0.25) is 5.91 Å². The number of aliphatic hydroxyl groups excluding tert-OH is 1. The number of nitrogens with zero attached hydrogens (tertiary/aromatic N) is 1. The van der Waals surface area contributed by atoms with Crippen LogP contribution in [0.2, 0.25) is 0 Å². The van der Waals surface area contributed by atoms with Crippen LogP contribution in [0.1, 0.15) is 59.6 Å². The molecule has 0 aliphatic rings. The first-order valence-corrected chi connectivity index (χ1v) is 8.95. The van der Waals surface area contributed by atoms with E-state index < -0.39 is 6.10 Å². The fourth-order valence-corrected chi connectivity index (χ4v) is 2.78. The molecule has 1 rings (SSSR count). The summed E-state index contributed by atoms with van der Waals surface area (Å²) in [5.74, 6) is -0.375. The third-order valence-corrected chi connectivity index (χ3v) is 4.00. The standard InChI is InChI=1S/C20H33FN2O2/c1-14(2)23(12-15(3)24)13-19(25)22-18(11-20(4,5)6)16-7-9-17(21)10-8-16/h7-10,14-15,18,24H,11-13H2,1-6H3,(H,22,25). The lowest BCUT2D eigenvalue weighted by Crippen LogP contribution is -2.45. The van der Waals surface area contributed by atoms with Crippen molar-refractivity contribution >= 4 is 5.91 Å². The van der Waals surface area contributed by atoms with Crippen LogP contribution in [0.4, 0.5) is 4.39 Å². The number of aliphatic hydroxyl groups is 1. The molecule has 1 aromatic rings. The average Bonchev–Trinajstić information content (AvgIpc) is 2.44. The lowest BCUT2D eigenvalue weighted by molar-refractivity contribution is -0.123. The molecule has 142 valence electrons. The minimum absolute atomic E-state index is 0.0175. The third-order valence-electron chi connectivity index (χ3n) is 4.00. The van der Waals surface area contributed by atoms with Crippen LogP contribution < -0.4 is 5.32 Å². The summed E-state index contributed by atoms with van der Waals surface area (Å²) in [7, 11) is 0. The molecule has 0 fully saturated rings. The second-order valence-corrected chi connectivity index (χ2v) is 8.31. The first kappa shape index (κ1) is 21.6. The Morgan fingerprint density at radius 2 is 1.76 bits per heavy atom. The molecule has 0 spiro atoms. The summed E-state index contributed by atoms with van der Waals surface area (Å²) >= 11 is 0. The number of amides is 1. The molecule has 0 saturated heterocycles. The topological polar surface area (TPSA) is 52.6 Å². The number of halogens is 1. The number of carbonyl (C=O) groups is 1. The number of rotatable bonds is 8. The van der Waals surface area contributed by atoms with Crippen molar-refractivity contribution < 1.29 is 14.3 Å². The van der Waals surface area contributed by atoms with Gasteiger partial charge in [-0.3, -0.25) is 9.69 Å². The van der Waals surface area contributed by atoms with Gasteiger partial charge in [-0.1, -0.05) is 32.9 Å². The van der Waals surface area contributed by atoms with E-state index in [2.05, 4.69) is 26.1 Å². The van der Waals surface area contributed by atoms with Crippen LogP contribution in [-0.4, -0.2) is 41.1 Å². The predicted molar refractivity (Wildman–Crippen MR) is 99.7 cm³/mol. The van der Waals surface area contributed by atoms with Gasteiger partial charge < -0.3 is 10.4 Å². The Kier molecular flexibility index (Phi) is 8.03. The zero-order valence-electron chi connectivity index (χ0n) is 16.3. The zero-order chi connectivity index (χ0) is 19.2. The van der Waals surface area contributed by atoms with Gasteiger partial charge in [-0.2, -0.15) is 0 Å². The molecule has 2 N–H and O–H groups in total. The predicted octanol–water partition coefficient (Wildman–Crippen LogP) is 3.51. The zero-order valence-corrected chi connectivity index (χ0v) is 16.3. The Morgan fingerprint density at radius 3 is 2.20 bits per heavy atom. The van der Waals surface area contributed by atoms with Crippen molar-refractivity contribution in [1.29, 1.82) is 0 Å². The molecule has 0 radical (unpaired) electrons. The van der Waals surface area contributed by atoms with Gasteiger partial charge in [0.1, 0.15) is 5.82 Å². The lowest BCUT2D eigenvalue weighted by Gasteiger charge is -2.30. The summed E-state index contributed by atoms with van der Waals surface area (Å²) in [4.78, 5) is 14.5. The first-order valence-electron chi connectivity index (χ1n) is 8.95. The molecule has 5 heteroatoms. The Hall–Kier alpha value is -1.46. The average molecular weight is 352 g/mol. The SMILES string of the molecule is CC(O)CN(CC(=O)NC(CC(C)(C)C)c1ccc(F)cc1)C(C)C. The van der Waals surface area contributed by atoms with E-state index in [-0.39, 0.29) is 35.8 Å². The van der Waals surface area contributed by atoms with Crippen molar-refractivity contribution in [2.45, 2.75) is 66.2 Å². The third kappa shape index (κ3) is 8.45. The van der Waals surface area contributed by atoms with E-state index in [1.165, 1.54) is 12.1 Å². The number of benzene rings is 1. The minimum Gasteiger partial charge on any atom is -0.392 e. The van der Waals surface area contributed by atoms with Gasteiger partial charge in [-0.25, -0.2) is 4.39 Å². The highest BCUT2D eigenvalue weighted by molar-refractivity contribution is 5.78. The van der Waals surface area contributed by atoms with Crippen LogP contribution in [0.15, 0.2) is 24.3 Å². The smallest absolute Gasteiger partial charge is 0.234 e. The maximum absolute atomic E-state index is 13.2. The van der Waals surface area contributed by atoms with Crippen molar-refractivity contribution in [1.82, 2.24) is 10.2 Å². The number of hydrogen-bond donors (Lipinski definition) is 2. The monoisotopic (exact) mass is 352 g/mol. The first-order chi connectivity index (χ1) is 11.5. The highest BCUT2D eigenvalue weighted by Crippen LogP contribution is 2.29. The fourth-order valence-electron chi connectivity index (χ4n) is 2.78.